The van der Waals surface area contributed by atoms with Crippen molar-refractivity contribution in [2.24, 2.45) is 11.7 Å². The van der Waals surface area contributed by atoms with E-state index in [1.165, 1.54) is 19.3 Å². The van der Waals surface area contributed by atoms with Crippen LogP contribution in [0.4, 0.5) is 0 Å². The van der Waals surface area contributed by atoms with E-state index in [1.54, 1.807) is 0 Å². The van der Waals surface area contributed by atoms with E-state index < -0.39 is 0 Å². The van der Waals surface area contributed by atoms with Crippen molar-refractivity contribution in [1.82, 2.24) is 5.32 Å². The van der Waals surface area contributed by atoms with Gasteiger partial charge in [-0.1, -0.05) is 25.7 Å². The van der Waals surface area contributed by atoms with Crippen LogP contribution in [0.5, 0.6) is 0 Å². The number of amides is 1. The van der Waals surface area contributed by atoms with E-state index in [1.807, 2.05) is 0 Å². The molecule has 2 atom stereocenters. The molecule has 94 valence electrons. The van der Waals surface area contributed by atoms with Gasteiger partial charge in [0.05, 0.1) is 5.92 Å². The molecule has 3 N–H and O–H groups in total. The first-order chi connectivity index (χ1) is 7.27. The van der Waals surface area contributed by atoms with Crippen LogP contribution in [0.1, 0.15) is 51.4 Å². The Morgan fingerprint density at radius 1 is 1.00 bits per heavy atom. The van der Waals surface area contributed by atoms with Gasteiger partial charge in [0, 0.05) is 12.1 Å². The molecule has 4 heteroatoms. The molecule has 16 heavy (non-hydrogen) atoms. The average Bonchev–Trinajstić information content (AvgIpc) is 2.95. The van der Waals surface area contributed by atoms with Gasteiger partial charge in [0.1, 0.15) is 0 Å². The van der Waals surface area contributed by atoms with Gasteiger partial charge in [-0.25, -0.2) is 0 Å². The Morgan fingerprint density at radius 3 is 2.25 bits per heavy atom. The predicted molar refractivity (Wildman–Crippen MR) is 67.6 cm³/mol. The van der Waals surface area contributed by atoms with Gasteiger partial charge in [0.2, 0.25) is 5.91 Å². The second-order valence-corrected chi connectivity index (χ2v) is 5.04. The van der Waals surface area contributed by atoms with Gasteiger partial charge in [0.15, 0.2) is 0 Å². The van der Waals surface area contributed by atoms with E-state index in [-0.39, 0.29) is 30.3 Å². The van der Waals surface area contributed by atoms with Gasteiger partial charge >= 0.3 is 0 Å². The highest BCUT2D eigenvalue weighted by atomic mass is 35.5. The van der Waals surface area contributed by atoms with Gasteiger partial charge < -0.3 is 11.1 Å². The summed E-state index contributed by atoms with van der Waals surface area (Å²) >= 11 is 0. The summed E-state index contributed by atoms with van der Waals surface area (Å²) in [5, 5.41) is 3.08. The van der Waals surface area contributed by atoms with Gasteiger partial charge in [-0.05, 0) is 25.7 Å². The van der Waals surface area contributed by atoms with E-state index in [0.29, 0.717) is 6.04 Å². The number of hydrogen-bond donors (Lipinski definition) is 2. The lowest BCUT2D eigenvalue weighted by Gasteiger charge is -2.25. The standard InChI is InChI=1S/C12H22N2O.ClH/c13-11-6-4-2-1-3-5-10(11)12(15)14-9-7-8-9;/h9-11H,1-8,13H2,(H,14,15);1H. The lowest BCUT2D eigenvalue weighted by molar-refractivity contribution is -0.126. The maximum atomic E-state index is 11.9. The number of rotatable bonds is 2. The fourth-order valence-corrected chi connectivity index (χ4v) is 2.37. The maximum absolute atomic E-state index is 11.9. The summed E-state index contributed by atoms with van der Waals surface area (Å²) < 4.78 is 0. The predicted octanol–water partition coefficient (Wildman–Crippen LogP) is 1.98. The second kappa shape index (κ2) is 6.45. The first kappa shape index (κ1) is 13.8. The first-order valence-corrected chi connectivity index (χ1v) is 6.33. The molecule has 0 saturated heterocycles. The van der Waals surface area contributed by atoms with Crippen molar-refractivity contribution in [3.05, 3.63) is 0 Å². The molecule has 1 amide bonds. The highest BCUT2D eigenvalue weighted by molar-refractivity contribution is 5.85. The molecule has 0 spiro atoms. The monoisotopic (exact) mass is 246 g/mol. The number of carbonyl (C=O) groups excluding carboxylic acids is 1. The highest BCUT2D eigenvalue weighted by Crippen LogP contribution is 2.24. The summed E-state index contributed by atoms with van der Waals surface area (Å²) in [7, 11) is 0. The summed E-state index contributed by atoms with van der Waals surface area (Å²) in [5.41, 5.74) is 6.08. The van der Waals surface area contributed by atoms with Crippen LogP contribution >= 0.6 is 12.4 Å². The third-order valence-corrected chi connectivity index (χ3v) is 3.58. The van der Waals surface area contributed by atoms with Crippen LogP contribution in [0, 0.1) is 5.92 Å². The normalized spacial score (nSPS) is 30.8. The van der Waals surface area contributed by atoms with Gasteiger partial charge in [0.25, 0.3) is 0 Å². The molecular formula is C12H23ClN2O. The van der Waals surface area contributed by atoms with Gasteiger partial charge in [-0.15, -0.1) is 12.4 Å². The number of nitrogens with one attached hydrogen (secondary N) is 1. The van der Waals surface area contributed by atoms with E-state index in [0.717, 1.165) is 32.1 Å². The highest BCUT2D eigenvalue weighted by Gasteiger charge is 2.30. The Labute approximate surface area is 104 Å². The van der Waals surface area contributed by atoms with Crippen LogP contribution < -0.4 is 11.1 Å². The van der Waals surface area contributed by atoms with E-state index >= 15 is 0 Å². The quantitative estimate of drug-likeness (QED) is 0.783. The SMILES string of the molecule is Cl.NC1CCCCCCC1C(=O)NC1CC1. The summed E-state index contributed by atoms with van der Waals surface area (Å²) in [6.07, 6.45) is 9.22. The van der Waals surface area contributed by atoms with Gasteiger partial charge in [-0.2, -0.15) is 0 Å². The molecule has 2 aliphatic rings. The third-order valence-electron chi connectivity index (χ3n) is 3.58. The minimum Gasteiger partial charge on any atom is -0.353 e. The van der Waals surface area contributed by atoms with Crippen LogP contribution in [0.15, 0.2) is 0 Å². The fourth-order valence-electron chi connectivity index (χ4n) is 2.37. The van der Waals surface area contributed by atoms with Crippen molar-refractivity contribution in [1.29, 1.82) is 0 Å². The molecule has 2 aliphatic carbocycles. The summed E-state index contributed by atoms with van der Waals surface area (Å²) in [6.45, 7) is 0. The van der Waals surface area contributed by atoms with Crippen LogP contribution in [-0.2, 0) is 4.79 Å². The van der Waals surface area contributed by atoms with Crippen LogP contribution in [0.2, 0.25) is 0 Å². The number of hydrogen-bond acceptors (Lipinski definition) is 2. The van der Waals surface area contributed by atoms with Crippen molar-refractivity contribution in [2.75, 3.05) is 0 Å². The zero-order chi connectivity index (χ0) is 10.7. The molecule has 0 aromatic rings. The minimum absolute atomic E-state index is 0. The van der Waals surface area contributed by atoms with Crippen molar-refractivity contribution < 1.29 is 4.79 Å². The third kappa shape index (κ3) is 3.95. The molecule has 2 rings (SSSR count). The molecule has 0 aliphatic heterocycles. The minimum atomic E-state index is 0. The van der Waals surface area contributed by atoms with E-state index in [2.05, 4.69) is 5.32 Å². The topological polar surface area (TPSA) is 55.1 Å². The second-order valence-electron chi connectivity index (χ2n) is 5.04. The molecular weight excluding hydrogens is 224 g/mol. The number of carbonyl (C=O) groups is 1. The van der Waals surface area contributed by atoms with Crippen LogP contribution in [0.3, 0.4) is 0 Å². The Morgan fingerprint density at radius 2 is 1.62 bits per heavy atom. The summed E-state index contributed by atoms with van der Waals surface area (Å²) in [5.74, 6) is 0.290. The molecule has 0 aromatic heterocycles. The molecule has 0 heterocycles. The molecule has 0 aromatic carbocycles. The first-order valence-electron chi connectivity index (χ1n) is 6.33. The maximum Gasteiger partial charge on any atom is 0.224 e. The van der Waals surface area contributed by atoms with Crippen molar-refractivity contribution >= 4 is 18.3 Å². The lowest BCUT2D eigenvalue weighted by atomic mass is 9.86. The Bertz CT molecular complexity index is 231. The Balaban J connectivity index is 0.00000128. The van der Waals surface area contributed by atoms with Gasteiger partial charge in [-0.3, -0.25) is 4.79 Å². The molecule has 0 bridgehead atoms. The lowest BCUT2D eigenvalue weighted by Crippen LogP contribution is -2.43. The smallest absolute Gasteiger partial charge is 0.224 e. The van der Waals surface area contributed by atoms with Crippen molar-refractivity contribution in [3.63, 3.8) is 0 Å². The Kier molecular flexibility index (Phi) is 5.56. The van der Waals surface area contributed by atoms with Crippen LogP contribution in [-0.4, -0.2) is 18.0 Å². The van der Waals surface area contributed by atoms with Crippen molar-refractivity contribution in [3.8, 4) is 0 Å². The number of halogens is 1. The molecule has 2 unspecified atom stereocenters. The number of nitrogens with two attached hydrogens (primary N) is 1. The fraction of sp³-hybridized carbons (Fsp3) is 0.917. The largest absolute Gasteiger partial charge is 0.353 e. The van der Waals surface area contributed by atoms with E-state index in [9.17, 15) is 4.79 Å². The molecule has 3 nitrogen and oxygen atoms in total. The Hall–Kier alpha value is -0.280. The van der Waals surface area contributed by atoms with E-state index in [4.69, 9.17) is 5.73 Å². The van der Waals surface area contributed by atoms with Crippen molar-refractivity contribution in [2.45, 2.75) is 63.5 Å². The molecule has 2 fully saturated rings. The summed E-state index contributed by atoms with van der Waals surface area (Å²) in [4.78, 5) is 11.9. The molecule has 0 radical (unpaired) electrons. The van der Waals surface area contributed by atoms with Crippen LogP contribution in [0.25, 0.3) is 0 Å². The summed E-state index contributed by atoms with van der Waals surface area (Å²) in [6, 6.07) is 0.555. The zero-order valence-electron chi connectivity index (χ0n) is 9.78. The average molecular weight is 247 g/mol. The zero-order valence-corrected chi connectivity index (χ0v) is 10.6. The molecule has 2 saturated carbocycles.